The van der Waals surface area contributed by atoms with E-state index in [1.165, 1.54) is 5.56 Å². The molecular weight excluding hydrogens is 238 g/mol. The molecule has 0 heterocycles. The van der Waals surface area contributed by atoms with E-state index in [0.29, 0.717) is 12.2 Å². The summed E-state index contributed by atoms with van der Waals surface area (Å²) >= 11 is 0. The number of carbonyl (C=O) groups excluding carboxylic acids is 1. The van der Waals surface area contributed by atoms with Gasteiger partial charge in [0.25, 0.3) is 0 Å². The maximum absolute atomic E-state index is 11.9. The lowest BCUT2D eigenvalue weighted by Crippen LogP contribution is -2.20. The molecule has 0 spiro atoms. The minimum Gasteiger partial charge on any atom is -0.461 e. The van der Waals surface area contributed by atoms with Crippen LogP contribution in [0.3, 0.4) is 0 Å². The Labute approximate surface area is 116 Å². The SMILES string of the molecule is Cc1cc(C(=O)OCCN(C)C)ccc1C(C)(C)C. The van der Waals surface area contributed by atoms with Crippen LogP contribution >= 0.6 is 0 Å². The molecule has 1 rings (SSSR count). The Morgan fingerprint density at radius 3 is 2.37 bits per heavy atom. The molecule has 0 saturated heterocycles. The highest BCUT2D eigenvalue weighted by molar-refractivity contribution is 5.89. The molecule has 0 aliphatic rings. The Balaban J connectivity index is 2.75. The summed E-state index contributed by atoms with van der Waals surface area (Å²) in [5.74, 6) is -0.245. The second kappa shape index (κ2) is 6.20. The van der Waals surface area contributed by atoms with E-state index in [1.807, 2.05) is 44.1 Å². The first kappa shape index (κ1) is 15.7. The molecule has 3 heteroatoms. The van der Waals surface area contributed by atoms with Gasteiger partial charge < -0.3 is 9.64 Å². The van der Waals surface area contributed by atoms with Gasteiger partial charge >= 0.3 is 5.97 Å². The van der Waals surface area contributed by atoms with Crippen LogP contribution in [-0.4, -0.2) is 38.1 Å². The van der Waals surface area contributed by atoms with E-state index in [9.17, 15) is 4.79 Å². The van der Waals surface area contributed by atoms with Crippen LogP contribution in [0.2, 0.25) is 0 Å². The summed E-state index contributed by atoms with van der Waals surface area (Å²) in [5.41, 5.74) is 3.12. The van der Waals surface area contributed by atoms with Crippen molar-refractivity contribution in [3.8, 4) is 0 Å². The average Bonchev–Trinajstić information content (AvgIpc) is 2.26. The molecular formula is C16H25NO2. The number of hydrogen-bond donors (Lipinski definition) is 0. The van der Waals surface area contributed by atoms with Gasteiger partial charge in [0, 0.05) is 6.54 Å². The van der Waals surface area contributed by atoms with Crippen molar-refractivity contribution in [2.75, 3.05) is 27.2 Å². The molecule has 19 heavy (non-hydrogen) atoms. The molecule has 0 fully saturated rings. The van der Waals surface area contributed by atoms with Crippen molar-refractivity contribution >= 4 is 5.97 Å². The Morgan fingerprint density at radius 2 is 1.89 bits per heavy atom. The monoisotopic (exact) mass is 263 g/mol. The number of likely N-dealkylation sites (N-methyl/N-ethyl adjacent to an activating group) is 1. The first-order chi connectivity index (χ1) is 8.71. The van der Waals surface area contributed by atoms with Crippen molar-refractivity contribution in [2.45, 2.75) is 33.1 Å². The lowest BCUT2D eigenvalue weighted by Gasteiger charge is -2.22. The highest BCUT2D eigenvalue weighted by Gasteiger charge is 2.17. The Hall–Kier alpha value is -1.35. The van der Waals surface area contributed by atoms with E-state index in [-0.39, 0.29) is 11.4 Å². The summed E-state index contributed by atoms with van der Waals surface area (Å²) in [4.78, 5) is 13.9. The van der Waals surface area contributed by atoms with E-state index in [2.05, 4.69) is 20.8 Å². The minimum absolute atomic E-state index is 0.0947. The van der Waals surface area contributed by atoms with Gasteiger partial charge in [-0.05, 0) is 49.7 Å². The van der Waals surface area contributed by atoms with Gasteiger partial charge in [0.05, 0.1) is 5.56 Å². The van der Waals surface area contributed by atoms with Gasteiger partial charge in [0.15, 0.2) is 0 Å². The van der Waals surface area contributed by atoms with Gasteiger partial charge in [0.1, 0.15) is 6.61 Å². The van der Waals surface area contributed by atoms with Crippen molar-refractivity contribution < 1.29 is 9.53 Å². The summed E-state index contributed by atoms with van der Waals surface area (Å²) in [7, 11) is 3.91. The zero-order valence-corrected chi connectivity index (χ0v) is 12.9. The molecule has 0 amide bonds. The summed E-state index contributed by atoms with van der Waals surface area (Å²) in [6, 6.07) is 5.79. The predicted octanol–water partition coefficient (Wildman–Crippen LogP) is 3.01. The van der Waals surface area contributed by atoms with Crippen LogP contribution in [0, 0.1) is 6.92 Å². The number of hydrogen-bond acceptors (Lipinski definition) is 3. The molecule has 0 radical (unpaired) electrons. The van der Waals surface area contributed by atoms with Gasteiger partial charge in [-0.15, -0.1) is 0 Å². The number of ether oxygens (including phenoxy) is 1. The first-order valence-electron chi connectivity index (χ1n) is 6.65. The molecule has 0 saturated carbocycles. The molecule has 0 aliphatic carbocycles. The predicted molar refractivity (Wildman–Crippen MR) is 78.7 cm³/mol. The molecule has 3 nitrogen and oxygen atoms in total. The average molecular weight is 263 g/mol. The third-order valence-electron chi connectivity index (χ3n) is 3.04. The van der Waals surface area contributed by atoms with E-state index < -0.39 is 0 Å². The number of nitrogens with zero attached hydrogens (tertiary/aromatic N) is 1. The van der Waals surface area contributed by atoms with Gasteiger partial charge in [0.2, 0.25) is 0 Å². The Morgan fingerprint density at radius 1 is 1.26 bits per heavy atom. The lowest BCUT2D eigenvalue weighted by molar-refractivity contribution is 0.0481. The second-order valence-corrected chi connectivity index (χ2v) is 6.22. The molecule has 0 aromatic heterocycles. The van der Waals surface area contributed by atoms with E-state index in [0.717, 1.165) is 12.1 Å². The molecule has 0 N–H and O–H groups in total. The molecule has 0 atom stereocenters. The van der Waals surface area contributed by atoms with Crippen LogP contribution in [0.4, 0.5) is 0 Å². The van der Waals surface area contributed by atoms with Gasteiger partial charge in [-0.3, -0.25) is 0 Å². The van der Waals surface area contributed by atoms with E-state index >= 15 is 0 Å². The summed E-state index contributed by atoms with van der Waals surface area (Å²) in [5, 5.41) is 0. The summed E-state index contributed by atoms with van der Waals surface area (Å²) in [6.07, 6.45) is 0. The molecule has 0 aliphatic heterocycles. The van der Waals surface area contributed by atoms with Crippen molar-refractivity contribution in [1.29, 1.82) is 0 Å². The van der Waals surface area contributed by atoms with E-state index in [4.69, 9.17) is 4.74 Å². The number of aryl methyl sites for hydroxylation is 1. The Bertz CT molecular complexity index is 445. The standard InChI is InChI=1S/C16H25NO2/c1-12-11-13(7-8-14(12)16(2,3)4)15(18)19-10-9-17(5)6/h7-8,11H,9-10H2,1-6H3. The quantitative estimate of drug-likeness (QED) is 0.782. The van der Waals surface area contributed by atoms with Gasteiger partial charge in [-0.2, -0.15) is 0 Å². The molecule has 0 unspecified atom stereocenters. The Kier molecular flexibility index (Phi) is 5.12. The maximum atomic E-state index is 11.9. The zero-order chi connectivity index (χ0) is 14.6. The third kappa shape index (κ3) is 4.67. The number of carbonyl (C=O) groups is 1. The van der Waals surface area contributed by atoms with Crippen LogP contribution < -0.4 is 0 Å². The fourth-order valence-electron chi connectivity index (χ4n) is 2.04. The fourth-order valence-corrected chi connectivity index (χ4v) is 2.04. The number of rotatable bonds is 4. The molecule has 1 aromatic rings. The highest BCUT2D eigenvalue weighted by atomic mass is 16.5. The summed E-state index contributed by atoms with van der Waals surface area (Å²) < 4.78 is 5.24. The van der Waals surface area contributed by atoms with Crippen LogP contribution in [0.1, 0.15) is 42.3 Å². The molecule has 0 bridgehead atoms. The number of benzene rings is 1. The van der Waals surface area contributed by atoms with Crippen molar-refractivity contribution in [1.82, 2.24) is 4.90 Å². The zero-order valence-electron chi connectivity index (χ0n) is 12.9. The molecule has 106 valence electrons. The van der Waals surface area contributed by atoms with Crippen LogP contribution in [-0.2, 0) is 10.2 Å². The smallest absolute Gasteiger partial charge is 0.338 e. The van der Waals surface area contributed by atoms with Gasteiger partial charge in [-0.25, -0.2) is 4.79 Å². The largest absolute Gasteiger partial charge is 0.461 e. The summed E-state index contributed by atoms with van der Waals surface area (Å²) in [6.45, 7) is 9.72. The van der Waals surface area contributed by atoms with Crippen LogP contribution in [0.15, 0.2) is 18.2 Å². The topological polar surface area (TPSA) is 29.5 Å². The highest BCUT2D eigenvalue weighted by Crippen LogP contribution is 2.26. The lowest BCUT2D eigenvalue weighted by atomic mass is 9.83. The second-order valence-electron chi connectivity index (χ2n) is 6.22. The minimum atomic E-state index is -0.245. The first-order valence-corrected chi connectivity index (χ1v) is 6.65. The number of esters is 1. The van der Waals surface area contributed by atoms with E-state index in [1.54, 1.807) is 0 Å². The maximum Gasteiger partial charge on any atom is 0.338 e. The van der Waals surface area contributed by atoms with Gasteiger partial charge in [-0.1, -0.05) is 26.8 Å². The van der Waals surface area contributed by atoms with Crippen LogP contribution in [0.25, 0.3) is 0 Å². The van der Waals surface area contributed by atoms with Crippen LogP contribution in [0.5, 0.6) is 0 Å². The normalized spacial score (nSPS) is 11.7. The molecule has 1 aromatic carbocycles. The van der Waals surface area contributed by atoms with Crippen molar-refractivity contribution in [3.63, 3.8) is 0 Å². The van der Waals surface area contributed by atoms with Crippen molar-refractivity contribution in [2.24, 2.45) is 0 Å². The van der Waals surface area contributed by atoms with Crippen molar-refractivity contribution in [3.05, 3.63) is 34.9 Å². The third-order valence-corrected chi connectivity index (χ3v) is 3.04. The fraction of sp³-hybridized carbons (Fsp3) is 0.562.